The molecule has 3 N–H and O–H groups in total. The highest BCUT2D eigenvalue weighted by molar-refractivity contribution is 5.81. The van der Waals surface area contributed by atoms with E-state index >= 15 is 0 Å². The van der Waals surface area contributed by atoms with Crippen molar-refractivity contribution < 1.29 is 4.74 Å². The first-order chi connectivity index (χ1) is 12.1. The number of ether oxygens (including phenoxy) is 1. The number of hydrogen-bond donors (Lipinski definition) is 2. The van der Waals surface area contributed by atoms with E-state index in [-0.39, 0.29) is 17.5 Å². The van der Waals surface area contributed by atoms with E-state index in [2.05, 4.69) is 27.9 Å². The SMILES string of the molecule is CCCCOc1nc(N)c2[nH]c(=O)n(Cc3ccc(C#N)cc3)c2n1. The maximum Gasteiger partial charge on any atom is 0.328 e. The van der Waals surface area contributed by atoms with Crippen LogP contribution in [-0.2, 0) is 6.54 Å². The van der Waals surface area contributed by atoms with Crippen LogP contribution in [0.4, 0.5) is 5.82 Å². The molecule has 8 heteroatoms. The summed E-state index contributed by atoms with van der Waals surface area (Å²) in [4.78, 5) is 23.4. The van der Waals surface area contributed by atoms with Crippen molar-refractivity contribution in [1.29, 1.82) is 5.26 Å². The molecule has 3 aromatic rings. The second-order valence-electron chi connectivity index (χ2n) is 5.62. The molecule has 0 radical (unpaired) electrons. The summed E-state index contributed by atoms with van der Waals surface area (Å²) in [6.45, 7) is 2.85. The minimum absolute atomic E-state index is 0.158. The fourth-order valence-corrected chi connectivity index (χ4v) is 2.42. The van der Waals surface area contributed by atoms with Gasteiger partial charge in [-0.15, -0.1) is 0 Å². The summed E-state index contributed by atoms with van der Waals surface area (Å²) in [6.07, 6.45) is 1.87. The molecule has 128 valence electrons. The zero-order valence-corrected chi connectivity index (χ0v) is 13.8. The Morgan fingerprint density at radius 2 is 2.08 bits per heavy atom. The number of fused-ring (bicyclic) bond motifs is 1. The lowest BCUT2D eigenvalue weighted by Crippen LogP contribution is -2.17. The molecule has 3 rings (SSSR count). The number of anilines is 1. The molecule has 0 amide bonds. The second kappa shape index (κ2) is 7.05. The van der Waals surface area contributed by atoms with Gasteiger partial charge >= 0.3 is 11.7 Å². The number of rotatable bonds is 6. The summed E-state index contributed by atoms with van der Waals surface area (Å²) < 4.78 is 6.99. The van der Waals surface area contributed by atoms with Gasteiger partial charge in [0.2, 0.25) is 0 Å². The molecule has 0 atom stereocenters. The Labute approximate surface area is 143 Å². The molecule has 0 aliphatic heterocycles. The third kappa shape index (κ3) is 3.45. The van der Waals surface area contributed by atoms with Gasteiger partial charge in [0, 0.05) is 0 Å². The predicted molar refractivity (Wildman–Crippen MR) is 93.2 cm³/mol. The number of unbranched alkanes of at least 4 members (excludes halogenated alkanes) is 1. The van der Waals surface area contributed by atoms with Crippen LogP contribution in [0.1, 0.15) is 30.9 Å². The highest BCUT2D eigenvalue weighted by atomic mass is 16.5. The zero-order chi connectivity index (χ0) is 17.8. The highest BCUT2D eigenvalue weighted by Crippen LogP contribution is 2.18. The second-order valence-corrected chi connectivity index (χ2v) is 5.62. The molecule has 1 aromatic carbocycles. The number of imidazole rings is 1. The van der Waals surface area contributed by atoms with E-state index in [0.29, 0.717) is 29.9 Å². The molecule has 0 saturated carbocycles. The number of benzene rings is 1. The quantitative estimate of drug-likeness (QED) is 0.661. The van der Waals surface area contributed by atoms with E-state index in [4.69, 9.17) is 15.7 Å². The minimum atomic E-state index is -0.328. The van der Waals surface area contributed by atoms with Crippen LogP contribution in [0.2, 0.25) is 0 Å². The number of H-pyrrole nitrogens is 1. The van der Waals surface area contributed by atoms with Gasteiger partial charge in [-0.05, 0) is 24.1 Å². The van der Waals surface area contributed by atoms with Crippen LogP contribution in [0, 0.1) is 11.3 Å². The molecule has 0 spiro atoms. The topological polar surface area (TPSA) is 123 Å². The van der Waals surface area contributed by atoms with Gasteiger partial charge in [-0.25, -0.2) is 4.79 Å². The Morgan fingerprint density at radius 1 is 1.32 bits per heavy atom. The van der Waals surface area contributed by atoms with Crippen molar-refractivity contribution in [3.63, 3.8) is 0 Å². The van der Waals surface area contributed by atoms with Crippen molar-refractivity contribution in [1.82, 2.24) is 19.5 Å². The fourth-order valence-electron chi connectivity index (χ4n) is 2.42. The molecule has 0 saturated heterocycles. The molecular formula is C17H18N6O2. The van der Waals surface area contributed by atoms with E-state index in [0.717, 1.165) is 18.4 Å². The molecule has 0 aliphatic rings. The molecule has 2 aromatic heterocycles. The number of nitrogens with two attached hydrogens (primary N) is 1. The Hall–Kier alpha value is -3.34. The van der Waals surface area contributed by atoms with Crippen molar-refractivity contribution in [2.45, 2.75) is 26.3 Å². The summed E-state index contributed by atoms with van der Waals surface area (Å²) in [5.74, 6) is 0.173. The Kier molecular flexibility index (Phi) is 4.66. The number of aromatic nitrogens is 4. The molecule has 0 bridgehead atoms. The number of nitrogens with one attached hydrogen (secondary N) is 1. The van der Waals surface area contributed by atoms with Gasteiger partial charge < -0.3 is 15.5 Å². The summed E-state index contributed by atoms with van der Waals surface area (Å²) in [6, 6.07) is 9.23. The first kappa shape index (κ1) is 16.5. The number of nitrogens with zero attached hydrogens (tertiary/aromatic N) is 4. The van der Waals surface area contributed by atoms with Crippen LogP contribution in [0.15, 0.2) is 29.1 Å². The Bertz CT molecular complexity index is 981. The average Bonchev–Trinajstić information content (AvgIpc) is 2.93. The first-order valence-corrected chi connectivity index (χ1v) is 8.00. The molecular weight excluding hydrogens is 320 g/mol. The van der Waals surface area contributed by atoms with Gasteiger partial charge in [-0.1, -0.05) is 25.5 Å². The molecule has 0 fully saturated rings. The number of nitrogen functional groups attached to an aromatic ring is 1. The van der Waals surface area contributed by atoms with Crippen LogP contribution < -0.4 is 16.2 Å². The van der Waals surface area contributed by atoms with E-state index in [1.807, 2.05) is 0 Å². The van der Waals surface area contributed by atoms with Crippen LogP contribution in [0.25, 0.3) is 11.2 Å². The van der Waals surface area contributed by atoms with Crippen molar-refractivity contribution in [2.24, 2.45) is 0 Å². The van der Waals surface area contributed by atoms with Gasteiger partial charge in [0.05, 0.1) is 24.8 Å². The van der Waals surface area contributed by atoms with Gasteiger partial charge in [0.25, 0.3) is 0 Å². The van der Waals surface area contributed by atoms with Crippen molar-refractivity contribution in [2.75, 3.05) is 12.3 Å². The summed E-state index contributed by atoms with van der Waals surface area (Å²) >= 11 is 0. The number of aromatic amines is 1. The van der Waals surface area contributed by atoms with Crippen LogP contribution in [0.5, 0.6) is 6.01 Å². The maximum atomic E-state index is 12.3. The molecule has 25 heavy (non-hydrogen) atoms. The van der Waals surface area contributed by atoms with E-state index in [9.17, 15) is 4.79 Å². The summed E-state index contributed by atoms with van der Waals surface area (Å²) in [7, 11) is 0. The standard InChI is InChI=1S/C17H18N6O2/c1-2-3-8-25-16-21-14(19)13-15(22-16)23(17(24)20-13)10-12-6-4-11(9-18)5-7-12/h4-7H,2-3,8,10H2,1H3,(H,20,24)(H2,19,21,22). The summed E-state index contributed by atoms with van der Waals surface area (Å²) in [5.41, 5.74) is 7.81. The van der Waals surface area contributed by atoms with Gasteiger partial charge in [-0.3, -0.25) is 4.57 Å². The van der Waals surface area contributed by atoms with Crippen molar-refractivity contribution in [3.8, 4) is 12.1 Å². The first-order valence-electron chi connectivity index (χ1n) is 8.00. The van der Waals surface area contributed by atoms with E-state index < -0.39 is 0 Å². The van der Waals surface area contributed by atoms with Gasteiger partial charge in [0.15, 0.2) is 11.5 Å². The minimum Gasteiger partial charge on any atom is -0.463 e. The number of nitriles is 1. The molecule has 8 nitrogen and oxygen atoms in total. The predicted octanol–water partition coefficient (Wildman–Crippen LogP) is 1.80. The largest absolute Gasteiger partial charge is 0.463 e. The lowest BCUT2D eigenvalue weighted by atomic mass is 10.1. The van der Waals surface area contributed by atoms with Crippen molar-refractivity contribution in [3.05, 3.63) is 45.9 Å². The van der Waals surface area contributed by atoms with Gasteiger partial charge in [-0.2, -0.15) is 15.2 Å². The Balaban J connectivity index is 1.97. The number of hydrogen-bond acceptors (Lipinski definition) is 6. The zero-order valence-electron chi connectivity index (χ0n) is 13.8. The van der Waals surface area contributed by atoms with Crippen molar-refractivity contribution >= 4 is 17.0 Å². The normalized spacial score (nSPS) is 10.7. The van der Waals surface area contributed by atoms with Crippen LogP contribution in [-0.4, -0.2) is 26.1 Å². The lowest BCUT2D eigenvalue weighted by molar-refractivity contribution is 0.286. The summed E-state index contributed by atoms with van der Waals surface area (Å²) in [5, 5.41) is 8.87. The van der Waals surface area contributed by atoms with E-state index in [1.165, 1.54) is 4.57 Å². The van der Waals surface area contributed by atoms with E-state index in [1.54, 1.807) is 24.3 Å². The lowest BCUT2D eigenvalue weighted by Gasteiger charge is -2.07. The monoisotopic (exact) mass is 338 g/mol. The maximum absolute atomic E-state index is 12.3. The third-order valence-corrected chi connectivity index (χ3v) is 3.78. The smallest absolute Gasteiger partial charge is 0.328 e. The molecule has 0 aliphatic carbocycles. The molecule has 2 heterocycles. The van der Waals surface area contributed by atoms with Gasteiger partial charge in [0.1, 0.15) is 5.52 Å². The highest BCUT2D eigenvalue weighted by Gasteiger charge is 2.15. The average molecular weight is 338 g/mol. The van der Waals surface area contributed by atoms with Crippen LogP contribution in [0.3, 0.4) is 0 Å². The Morgan fingerprint density at radius 3 is 2.76 bits per heavy atom. The van der Waals surface area contributed by atoms with Crippen LogP contribution >= 0.6 is 0 Å². The fraction of sp³-hybridized carbons (Fsp3) is 0.294. The third-order valence-electron chi connectivity index (χ3n) is 3.78. The molecule has 0 unspecified atom stereocenters.